The van der Waals surface area contributed by atoms with Gasteiger partial charge < -0.3 is 14.8 Å². The molecule has 110 valence electrons. The smallest absolute Gasteiger partial charge is 0.332 e. The molecule has 1 atom stereocenters. The summed E-state index contributed by atoms with van der Waals surface area (Å²) in [5.74, 6) is 0.520. The lowest BCUT2D eigenvalue weighted by molar-refractivity contribution is -0.142. The van der Waals surface area contributed by atoms with Crippen LogP contribution in [0.3, 0.4) is 0 Å². The maximum atomic E-state index is 12.0. The summed E-state index contributed by atoms with van der Waals surface area (Å²) in [5, 5.41) is 3.21. The molecule has 0 aromatic heterocycles. The lowest BCUT2D eigenvalue weighted by Gasteiger charge is -2.18. The van der Waals surface area contributed by atoms with E-state index in [9.17, 15) is 4.79 Å². The highest BCUT2D eigenvalue weighted by Gasteiger charge is 2.17. The highest BCUT2D eigenvalue weighted by molar-refractivity contribution is 5.82. The van der Waals surface area contributed by atoms with Gasteiger partial charge in [0.15, 0.2) is 0 Å². The van der Waals surface area contributed by atoms with Crippen LogP contribution in [0.2, 0.25) is 0 Å². The zero-order valence-electron chi connectivity index (χ0n) is 12.8. The van der Waals surface area contributed by atoms with Gasteiger partial charge in [-0.1, -0.05) is 11.6 Å². The fourth-order valence-corrected chi connectivity index (χ4v) is 1.83. The van der Waals surface area contributed by atoms with Crippen LogP contribution in [0.25, 0.3) is 0 Å². The molecule has 1 unspecified atom stereocenters. The van der Waals surface area contributed by atoms with E-state index >= 15 is 0 Å². The average Bonchev–Trinajstić information content (AvgIpc) is 2.39. The predicted octanol–water partition coefficient (Wildman–Crippen LogP) is 3.31. The number of anilines is 1. The summed E-state index contributed by atoms with van der Waals surface area (Å²) < 4.78 is 10.3. The topological polar surface area (TPSA) is 47.6 Å². The Balaban J connectivity index is 2.95. The Morgan fingerprint density at radius 3 is 2.60 bits per heavy atom. The number of ether oxygens (including phenoxy) is 2. The van der Waals surface area contributed by atoms with Gasteiger partial charge in [0, 0.05) is 5.69 Å². The van der Waals surface area contributed by atoms with Crippen LogP contribution < -0.4 is 10.1 Å². The van der Waals surface area contributed by atoms with Crippen LogP contribution in [-0.2, 0) is 9.53 Å². The number of esters is 1. The molecule has 0 saturated carbocycles. The van der Waals surface area contributed by atoms with E-state index in [1.54, 1.807) is 14.0 Å². The summed E-state index contributed by atoms with van der Waals surface area (Å²) in [6, 6.07) is 5.21. The first-order valence-electron chi connectivity index (χ1n) is 6.70. The van der Waals surface area contributed by atoms with Gasteiger partial charge in [-0.2, -0.15) is 0 Å². The highest BCUT2D eigenvalue weighted by atomic mass is 16.5. The van der Waals surface area contributed by atoms with Crippen LogP contribution in [0.4, 0.5) is 5.69 Å². The van der Waals surface area contributed by atoms with Crippen LogP contribution in [0, 0.1) is 6.92 Å². The number of carbonyl (C=O) groups is 1. The van der Waals surface area contributed by atoms with Gasteiger partial charge in [-0.05, 0) is 51.5 Å². The van der Waals surface area contributed by atoms with E-state index in [2.05, 4.69) is 5.32 Å². The first kappa shape index (κ1) is 16.1. The van der Waals surface area contributed by atoms with E-state index in [4.69, 9.17) is 9.47 Å². The molecule has 1 N–H and O–H groups in total. The van der Waals surface area contributed by atoms with E-state index in [1.165, 1.54) is 0 Å². The Hall–Kier alpha value is -1.97. The maximum absolute atomic E-state index is 12.0. The number of hydrogen-bond donors (Lipinski definition) is 1. The standard InChI is InChI=1S/C16H23NO3/c1-6-20-16(18)15(9-11(2)3)17-14-8-7-13(19-5)10-12(14)4/h7-10,15,17H,6H2,1-5H3. The Labute approximate surface area is 120 Å². The second kappa shape index (κ2) is 7.58. The van der Waals surface area contributed by atoms with Gasteiger partial charge in [-0.15, -0.1) is 0 Å². The van der Waals surface area contributed by atoms with E-state index < -0.39 is 6.04 Å². The lowest BCUT2D eigenvalue weighted by atomic mass is 10.1. The van der Waals surface area contributed by atoms with Gasteiger partial charge in [0.2, 0.25) is 0 Å². The number of carbonyl (C=O) groups excluding carboxylic acids is 1. The second-order valence-corrected chi connectivity index (χ2v) is 4.80. The van der Waals surface area contributed by atoms with Gasteiger partial charge in [-0.25, -0.2) is 4.79 Å². The molecule has 1 aromatic rings. The van der Waals surface area contributed by atoms with Crippen LogP contribution in [0.1, 0.15) is 26.3 Å². The molecular formula is C16H23NO3. The molecule has 0 aliphatic carbocycles. The molecule has 0 aliphatic heterocycles. The third-order valence-electron chi connectivity index (χ3n) is 2.79. The second-order valence-electron chi connectivity index (χ2n) is 4.80. The number of methoxy groups -OCH3 is 1. The van der Waals surface area contributed by atoms with Crippen molar-refractivity contribution in [3.8, 4) is 5.75 Å². The first-order valence-corrected chi connectivity index (χ1v) is 6.70. The SMILES string of the molecule is CCOC(=O)C(C=C(C)C)Nc1ccc(OC)cc1C. The third-order valence-corrected chi connectivity index (χ3v) is 2.79. The van der Waals surface area contributed by atoms with Crippen molar-refractivity contribution < 1.29 is 14.3 Å². The van der Waals surface area contributed by atoms with E-state index in [0.717, 1.165) is 22.6 Å². The van der Waals surface area contributed by atoms with Crippen LogP contribution >= 0.6 is 0 Å². The molecule has 0 heterocycles. The molecule has 0 radical (unpaired) electrons. The maximum Gasteiger partial charge on any atom is 0.332 e. The number of nitrogens with one attached hydrogen (secondary N) is 1. The van der Waals surface area contributed by atoms with Crippen molar-refractivity contribution in [1.82, 2.24) is 0 Å². The molecule has 0 spiro atoms. The number of benzene rings is 1. The Morgan fingerprint density at radius 1 is 1.40 bits per heavy atom. The minimum Gasteiger partial charge on any atom is -0.497 e. The van der Waals surface area contributed by atoms with Crippen molar-refractivity contribution in [3.63, 3.8) is 0 Å². The van der Waals surface area contributed by atoms with Crippen LogP contribution in [0.5, 0.6) is 5.75 Å². The van der Waals surface area contributed by atoms with Gasteiger partial charge in [0.1, 0.15) is 11.8 Å². The molecule has 0 fully saturated rings. The van der Waals surface area contributed by atoms with Crippen molar-refractivity contribution >= 4 is 11.7 Å². The molecular weight excluding hydrogens is 254 g/mol. The quantitative estimate of drug-likeness (QED) is 0.640. The van der Waals surface area contributed by atoms with Gasteiger partial charge in [0.05, 0.1) is 13.7 Å². The summed E-state index contributed by atoms with van der Waals surface area (Å²) in [4.78, 5) is 12.0. The van der Waals surface area contributed by atoms with Crippen LogP contribution in [0.15, 0.2) is 29.8 Å². The summed E-state index contributed by atoms with van der Waals surface area (Å²) in [6.45, 7) is 8.05. The number of allylic oxidation sites excluding steroid dienone is 1. The van der Waals surface area contributed by atoms with Crippen molar-refractivity contribution in [1.29, 1.82) is 0 Å². The van der Waals surface area contributed by atoms with E-state index in [0.29, 0.717) is 6.61 Å². The number of hydrogen-bond acceptors (Lipinski definition) is 4. The minimum atomic E-state index is -0.480. The largest absolute Gasteiger partial charge is 0.497 e. The Bertz CT molecular complexity index is 490. The van der Waals surface area contributed by atoms with Crippen molar-refractivity contribution in [3.05, 3.63) is 35.4 Å². The molecule has 0 aliphatic rings. The molecule has 0 amide bonds. The van der Waals surface area contributed by atoms with Gasteiger partial charge in [0.25, 0.3) is 0 Å². The lowest BCUT2D eigenvalue weighted by Crippen LogP contribution is -2.30. The molecule has 4 heteroatoms. The predicted molar refractivity (Wildman–Crippen MR) is 81.2 cm³/mol. The van der Waals surface area contributed by atoms with E-state index in [1.807, 2.05) is 45.0 Å². The molecule has 4 nitrogen and oxygen atoms in total. The Kier molecular flexibility index (Phi) is 6.10. The van der Waals surface area contributed by atoms with E-state index in [-0.39, 0.29) is 5.97 Å². The highest BCUT2D eigenvalue weighted by Crippen LogP contribution is 2.22. The summed E-state index contributed by atoms with van der Waals surface area (Å²) in [7, 11) is 1.63. The van der Waals surface area contributed by atoms with Crippen molar-refractivity contribution in [2.75, 3.05) is 19.0 Å². The van der Waals surface area contributed by atoms with Crippen LogP contribution in [-0.4, -0.2) is 25.7 Å². The van der Waals surface area contributed by atoms with Crippen molar-refractivity contribution in [2.24, 2.45) is 0 Å². The summed E-state index contributed by atoms with van der Waals surface area (Å²) in [6.07, 6.45) is 1.86. The Morgan fingerprint density at radius 2 is 2.10 bits per heavy atom. The normalized spacial score (nSPS) is 11.4. The summed E-state index contributed by atoms with van der Waals surface area (Å²) in [5.41, 5.74) is 2.96. The first-order chi connectivity index (χ1) is 9.47. The van der Waals surface area contributed by atoms with Gasteiger partial charge in [-0.3, -0.25) is 0 Å². The fraction of sp³-hybridized carbons (Fsp3) is 0.438. The zero-order valence-corrected chi connectivity index (χ0v) is 12.8. The summed E-state index contributed by atoms with van der Waals surface area (Å²) >= 11 is 0. The molecule has 1 aromatic carbocycles. The number of rotatable bonds is 6. The average molecular weight is 277 g/mol. The molecule has 0 saturated heterocycles. The molecule has 0 bridgehead atoms. The molecule has 20 heavy (non-hydrogen) atoms. The zero-order chi connectivity index (χ0) is 15.1. The fourth-order valence-electron chi connectivity index (χ4n) is 1.83. The van der Waals surface area contributed by atoms with Crippen molar-refractivity contribution in [2.45, 2.75) is 33.7 Å². The minimum absolute atomic E-state index is 0.274. The third kappa shape index (κ3) is 4.61. The monoisotopic (exact) mass is 277 g/mol. The van der Waals surface area contributed by atoms with Gasteiger partial charge >= 0.3 is 5.97 Å². The number of aryl methyl sites for hydroxylation is 1. The molecule has 1 rings (SSSR count).